The predicted octanol–water partition coefficient (Wildman–Crippen LogP) is 4.59. The van der Waals surface area contributed by atoms with E-state index in [0.717, 1.165) is 37.1 Å². The highest BCUT2D eigenvalue weighted by Crippen LogP contribution is 2.32. The number of hydrogen-bond acceptors (Lipinski definition) is 3. The van der Waals surface area contributed by atoms with Crippen LogP contribution in [0.5, 0.6) is 0 Å². The molecule has 7 heteroatoms. The number of rotatable bonds is 3. The molecule has 1 aliphatic rings. The topological polar surface area (TPSA) is 41.6 Å². The fourth-order valence-corrected chi connectivity index (χ4v) is 3.01. The van der Waals surface area contributed by atoms with Crippen LogP contribution in [0.1, 0.15) is 45.6 Å². The summed E-state index contributed by atoms with van der Waals surface area (Å²) < 4.78 is 43.2. The Balaban J connectivity index is 1.91. The molecule has 0 aromatic heterocycles. The maximum Gasteiger partial charge on any atom is 0.416 e. The third kappa shape index (κ3) is 5.54. The second-order valence-corrected chi connectivity index (χ2v) is 7.47. The molecule has 1 fully saturated rings. The van der Waals surface area contributed by atoms with Gasteiger partial charge >= 0.3 is 12.3 Å². The molecule has 4 nitrogen and oxygen atoms in total. The quantitative estimate of drug-likeness (QED) is 0.859. The number of nitrogens with zero attached hydrogens (tertiary/aromatic N) is 1. The Kier molecular flexibility index (Phi) is 5.54. The molecular formula is C18H25F3N2O2. The summed E-state index contributed by atoms with van der Waals surface area (Å²) in [6.45, 7) is 5.42. The Morgan fingerprint density at radius 2 is 1.76 bits per heavy atom. The van der Waals surface area contributed by atoms with Crippen LogP contribution in [0.25, 0.3) is 0 Å². The molecule has 0 saturated heterocycles. The molecule has 25 heavy (non-hydrogen) atoms. The highest BCUT2D eigenvalue weighted by atomic mass is 19.4. The smallest absolute Gasteiger partial charge is 0.416 e. The number of hydrogen-bond donors (Lipinski definition) is 1. The molecule has 1 saturated carbocycles. The molecule has 140 valence electrons. The average Bonchev–Trinajstić information content (AvgIpc) is 2.92. The Labute approximate surface area is 146 Å². The number of carbonyl (C=O) groups is 1. The van der Waals surface area contributed by atoms with Crippen LogP contribution in [-0.2, 0) is 10.9 Å². The predicted molar refractivity (Wildman–Crippen MR) is 90.6 cm³/mol. The van der Waals surface area contributed by atoms with Gasteiger partial charge in [0, 0.05) is 24.8 Å². The van der Waals surface area contributed by atoms with Gasteiger partial charge in [0.15, 0.2) is 0 Å². The van der Waals surface area contributed by atoms with Gasteiger partial charge in [-0.25, -0.2) is 4.79 Å². The third-order valence-corrected chi connectivity index (χ3v) is 4.28. The first-order valence-corrected chi connectivity index (χ1v) is 8.35. The van der Waals surface area contributed by atoms with E-state index in [9.17, 15) is 18.0 Å². The number of alkyl halides is 3. The van der Waals surface area contributed by atoms with E-state index >= 15 is 0 Å². The standard InChI is InChI=1S/C18H25F3N2O2/c1-17(2,3)25-16(24)22-13-7-10-15(11-13)23(4)14-8-5-12(6-9-14)18(19,20)21/h5-6,8-9,13,15H,7,10-11H2,1-4H3,(H,22,24). The monoisotopic (exact) mass is 358 g/mol. The molecule has 2 rings (SSSR count). The molecule has 0 bridgehead atoms. The van der Waals surface area contributed by atoms with E-state index in [2.05, 4.69) is 5.32 Å². The van der Waals surface area contributed by atoms with Crippen molar-refractivity contribution in [2.24, 2.45) is 0 Å². The van der Waals surface area contributed by atoms with Crippen molar-refractivity contribution >= 4 is 11.8 Å². The van der Waals surface area contributed by atoms with E-state index in [1.54, 1.807) is 0 Å². The zero-order valence-electron chi connectivity index (χ0n) is 15.0. The van der Waals surface area contributed by atoms with Crippen LogP contribution in [-0.4, -0.2) is 30.8 Å². The number of halogens is 3. The summed E-state index contributed by atoms with van der Waals surface area (Å²) in [6, 6.07) is 5.33. The van der Waals surface area contributed by atoms with E-state index in [4.69, 9.17) is 4.74 Å². The molecule has 1 aliphatic carbocycles. The van der Waals surface area contributed by atoms with E-state index < -0.39 is 23.4 Å². The molecule has 2 unspecified atom stereocenters. The molecule has 0 radical (unpaired) electrons. The van der Waals surface area contributed by atoms with Gasteiger partial charge in [-0.3, -0.25) is 0 Å². The molecule has 0 heterocycles. The zero-order valence-corrected chi connectivity index (χ0v) is 15.0. The Morgan fingerprint density at radius 3 is 2.28 bits per heavy atom. The van der Waals surface area contributed by atoms with Gasteiger partial charge in [-0.1, -0.05) is 0 Å². The molecule has 1 amide bonds. The number of benzene rings is 1. The summed E-state index contributed by atoms with van der Waals surface area (Å²) in [5, 5.41) is 2.86. The fraction of sp³-hybridized carbons (Fsp3) is 0.611. The molecule has 1 aromatic rings. The van der Waals surface area contributed by atoms with Crippen LogP contribution in [0.2, 0.25) is 0 Å². The summed E-state index contributed by atoms with van der Waals surface area (Å²) in [5.41, 5.74) is -0.462. The minimum Gasteiger partial charge on any atom is -0.444 e. The molecule has 1 aromatic carbocycles. The molecular weight excluding hydrogens is 333 g/mol. The lowest BCUT2D eigenvalue weighted by molar-refractivity contribution is -0.137. The minimum atomic E-state index is -4.33. The van der Waals surface area contributed by atoms with Gasteiger partial charge in [-0.15, -0.1) is 0 Å². The highest BCUT2D eigenvalue weighted by Gasteiger charge is 2.32. The van der Waals surface area contributed by atoms with Crippen molar-refractivity contribution in [1.82, 2.24) is 5.32 Å². The lowest BCUT2D eigenvalue weighted by Gasteiger charge is -2.27. The summed E-state index contributed by atoms with van der Waals surface area (Å²) in [6.07, 6.45) is -2.35. The van der Waals surface area contributed by atoms with Gasteiger partial charge in [-0.2, -0.15) is 13.2 Å². The van der Waals surface area contributed by atoms with Gasteiger partial charge in [0.05, 0.1) is 5.56 Å². The van der Waals surface area contributed by atoms with Crippen molar-refractivity contribution in [3.63, 3.8) is 0 Å². The Bertz CT molecular complexity index is 594. The first kappa shape index (κ1) is 19.4. The van der Waals surface area contributed by atoms with Gasteiger partial charge < -0.3 is 15.0 Å². The summed E-state index contributed by atoms with van der Waals surface area (Å²) in [5.74, 6) is 0. The van der Waals surface area contributed by atoms with Crippen molar-refractivity contribution < 1.29 is 22.7 Å². The Hall–Kier alpha value is -1.92. The summed E-state index contributed by atoms with van der Waals surface area (Å²) in [7, 11) is 1.86. The minimum absolute atomic E-state index is 0.0109. The average molecular weight is 358 g/mol. The lowest BCUT2D eigenvalue weighted by atomic mass is 10.1. The van der Waals surface area contributed by atoms with Gasteiger partial charge in [0.2, 0.25) is 0 Å². The number of carbonyl (C=O) groups excluding carboxylic acids is 1. The number of amides is 1. The molecule has 0 aliphatic heterocycles. The number of alkyl carbamates (subject to hydrolysis) is 1. The largest absolute Gasteiger partial charge is 0.444 e. The van der Waals surface area contributed by atoms with Crippen LogP contribution in [0.4, 0.5) is 23.7 Å². The van der Waals surface area contributed by atoms with E-state index in [1.165, 1.54) is 12.1 Å². The number of nitrogens with one attached hydrogen (secondary N) is 1. The normalized spacial score (nSPS) is 21.1. The molecule has 0 spiro atoms. The maximum atomic E-state index is 12.6. The van der Waals surface area contributed by atoms with Crippen molar-refractivity contribution in [3.05, 3.63) is 29.8 Å². The Morgan fingerprint density at radius 1 is 1.16 bits per heavy atom. The van der Waals surface area contributed by atoms with Crippen molar-refractivity contribution in [2.75, 3.05) is 11.9 Å². The maximum absolute atomic E-state index is 12.6. The zero-order chi connectivity index (χ0) is 18.8. The van der Waals surface area contributed by atoms with Gasteiger partial charge in [0.25, 0.3) is 0 Å². The van der Waals surface area contributed by atoms with Crippen LogP contribution in [0.15, 0.2) is 24.3 Å². The fourth-order valence-electron chi connectivity index (χ4n) is 3.01. The van der Waals surface area contributed by atoms with E-state index in [0.29, 0.717) is 0 Å². The van der Waals surface area contributed by atoms with Crippen LogP contribution in [0.3, 0.4) is 0 Å². The van der Waals surface area contributed by atoms with Crippen molar-refractivity contribution in [1.29, 1.82) is 0 Å². The number of ether oxygens (including phenoxy) is 1. The van der Waals surface area contributed by atoms with Gasteiger partial charge in [0.1, 0.15) is 5.60 Å². The molecule has 2 atom stereocenters. The van der Waals surface area contributed by atoms with Crippen LogP contribution < -0.4 is 10.2 Å². The first-order valence-electron chi connectivity index (χ1n) is 8.35. The third-order valence-electron chi connectivity index (χ3n) is 4.28. The van der Waals surface area contributed by atoms with Crippen molar-refractivity contribution in [3.8, 4) is 0 Å². The summed E-state index contributed by atoms with van der Waals surface area (Å²) in [4.78, 5) is 13.8. The van der Waals surface area contributed by atoms with E-state index in [1.807, 2.05) is 32.7 Å². The second kappa shape index (κ2) is 7.14. The SMILES string of the molecule is CN(c1ccc(C(F)(F)F)cc1)C1CCC(NC(=O)OC(C)(C)C)C1. The van der Waals surface area contributed by atoms with Gasteiger partial charge in [-0.05, 0) is 64.3 Å². The number of anilines is 1. The summed E-state index contributed by atoms with van der Waals surface area (Å²) >= 11 is 0. The highest BCUT2D eigenvalue weighted by molar-refractivity contribution is 5.68. The lowest BCUT2D eigenvalue weighted by Crippen LogP contribution is -2.39. The second-order valence-electron chi connectivity index (χ2n) is 7.47. The first-order chi connectivity index (χ1) is 11.5. The molecule has 1 N–H and O–H groups in total. The van der Waals surface area contributed by atoms with E-state index in [-0.39, 0.29) is 12.1 Å². The van der Waals surface area contributed by atoms with Crippen LogP contribution in [0, 0.1) is 0 Å². The van der Waals surface area contributed by atoms with Crippen molar-refractivity contribution in [2.45, 2.75) is 63.9 Å². The van der Waals surface area contributed by atoms with Crippen LogP contribution >= 0.6 is 0 Å².